The minimum Gasteiger partial charge on any atom is -0.344 e. The first-order valence-electron chi connectivity index (χ1n) is 6.23. The molecule has 2 nitrogen and oxygen atoms in total. The van der Waals surface area contributed by atoms with Crippen LogP contribution in [0.15, 0.2) is 0 Å². The predicted octanol–water partition coefficient (Wildman–Crippen LogP) is 3.07. The molecular formula is C12H22O2S2. The van der Waals surface area contributed by atoms with Crippen molar-refractivity contribution in [2.75, 3.05) is 0 Å². The lowest BCUT2D eigenvalue weighted by molar-refractivity contribution is -0.125. The number of hydrogen-bond donors (Lipinski definition) is 2. The van der Waals surface area contributed by atoms with Gasteiger partial charge in [-0.1, -0.05) is 13.8 Å². The highest BCUT2D eigenvalue weighted by atomic mass is 32.1. The van der Waals surface area contributed by atoms with E-state index >= 15 is 0 Å². The third-order valence-corrected chi connectivity index (χ3v) is 3.77. The Morgan fingerprint density at radius 3 is 2.50 bits per heavy atom. The van der Waals surface area contributed by atoms with Gasteiger partial charge in [-0.15, -0.1) is 0 Å². The lowest BCUT2D eigenvalue weighted by Gasteiger charge is -2.29. The zero-order valence-electron chi connectivity index (χ0n) is 10.1. The first-order chi connectivity index (χ1) is 7.52. The molecule has 2 aliphatic rings. The van der Waals surface area contributed by atoms with E-state index in [1.165, 1.54) is 6.42 Å². The van der Waals surface area contributed by atoms with Crippen LogP contribution >= 0.6 is 25.3 Å². The summed E-state index contributed by atoms with van der Waals surface area (Å²) in [5.74, 6) is -0.247. The average molecular weight is 262 g/mol. The second-order valence-corrected chi connectivity index (χ2v) is 6.98. The monoisotopic (exact) mass is 262 g/mol. The van der Waals surface area contributed by atoms with E-state index in [-0.39, 0.29) is 11.9 Å². The molecule has 0 N–H and O–H groups in total. The van der Waals surface area contributed by atoms with Gasteiger partial charge >= 0.3 is 0 Å². The fourth-order valence-corrected chi connectivity index (χ4v) is 3.02. The fraction of sp³-hybridized carbons (Fsp3) is 1.00. The molecule has 2 aliphatic heterocycles. The van der Waals surface area contributed by atoms with E-state index in [1.807, 2.05) is 0 Å². The zero-order chi connectivity index (χ0) is 11.8. The van der Waals surface area contributed by atoms with Gasteiger partial charge in [-0.25, -0.2) is 0 Å². The van der Waals surface area contributed by atoms with Crippen LogP contribution in [0.2, 0.25) is 0 Å². The van der Waals surface area contributed by atoms with Crippen LogP contribution in [0.25, 0.3) is 0 Å². The molecule has 0 bridgehead atoms. The molecule has 0 saturated carbocycles. The summed E-state index contributed by atoms with van der Waals surface area (Å²) in [6.07, 6.45) is 6.04. The summed E-state index contributed by atoms with van der Waals surface area (Å²) in [7, 11) is 0. The summed E-state index contributed by atoms with van der Waals surface area (Å²) in [5.41, 5.74) is 0. The van der Waals surface area contributed by atoms with Crippen LogP contribution in [0.3, 0.4) is 0 Å². The van der Waals surface area contributed by atoms with Crippen LogP contribution in [0, 0.1) is 0 Å². The maximum absolute atomic E-state index is 6.10. The molecule has 2 rings (SSSR count). The van der Waals surface area contributed by atoms with Crippen LogP contribution in [0.1, 0.15) is 46.0 Å². The Morgan fingerprint density at radius 2 is 1.88 bits per heavy atom. The Morgan fingerprint density at radius 1 is 1.19 bits per heavy atom. The van der Waals surface area contributed by atoms with E-state index in [4.69, 9.17) is 9.47 Å². The lowest BCUT2D eigenvalue weighted by Crippen LogP contribution is -2.33. The summed E-state index contributed by atoms with van der Waals surface area (Å²) in [6, 6.07) is 0. The van der Waals surface area contributed by atoms with E-state index in [2.05, 4.69) is 39.1 Å². The molecule has 0 aromatic heterocycles. The Kier molecular flexibility index (Phi) is 4.15. The minimum absolute atomic E-state index is 0.247. The van der Waals surface area contributed by atoms with Crippen molar-refractivity contribution in [1.82, 2.24) is 0 Å². The maximum Gasteiger partial charge on any atom is 0.195 e. The highest BCUT2D eigenvalue weighted by Gasteiger charge is 2.59. The number of rotatable bonds is 4. The second-order valence-electron chi connectivity index (χ2n) is 5.22. The van der Waals surface area contributed by atoms with Crippen molar-refractivity contribution >= 4 is 25.3 Å². The quantitative estimate of drug-likeness (QED) is 0.600. The third-order valence-electron chi connectivity index (χ3n) is 3.35. The van der Waals surface area contributed by atoms with E-state index in [9.17, 15) is 0 Å². The van der Waals surface area contributed by atoms with Gasteiger partial charge < -0.3 is 9.47 Å². The highest BCUT2D eigenvalue weighted by Crippen LogP contribution is 2.49. The van der Waals surface area contributed by atoms with E-state index in [1.54, 1.807) is 0 Å². The fourth-order valence-electron chi connectivity index (χ4n) is 2.59. The Bertz CT molecular complexity index is 245. The largest absolute Gasteiger partial charge is 0.344 e. The Balaban J connectivity index is 1.84. The normalized spacial score (nSPS) is 42.0. The Hall–Kier alpha value is 0.620. The smallest absolute Gasteiger partial charge is 0.195 e. The van der Waals surface area contributed by atoms with Crippen LogP contribution < -0.4 is 0 Å². The van der Waals surface area contributed by atoms with Gasteiger partial charge in [-0.3, -0.25) is 0 Å². The topological polar surface area (TPSA) is 21.8 Å². The molecule has 16 heavy (non-hydrogen) atoms. The van der Waals surface area contributed by atoms with Gasteiger partial charge in [0.25, 0.3) is 0 Å². The van der Waals surface area contributed by atoms with Gasteiger partial charge in [-0.05, 0) is 25.7 Å². The van der Waals surface area contributed by atoms with Gasteiger partial charge in [-0.2, -0.15) is 25.3 Å². The molecule has 0 radical (unpaired) electrons. The van der Waals surface area contributed by atoms with Crippen molar-refractivity contribution in [2.45, 2.75) is 74.4 Å². The van der Waals surface area contributed by atoms with Gasteiger partial charge in [0, 0.05) is 16.9 Å². The summed E-state index contributed by atoms with van der Waals surface area (Å²) in [5, 5.41) is 0.790. The molecule has 5 unspecified atom stereocenters. The van der Waals surface area contributed by atoms with Gasteiger partial charge in [0.15, 0.2) is 5.79 Å². The van der Waals surface area contributed by atoms with E-state index < -0.39 is 0 Å². The number of ether oxygens (including phenoxy) is 2. The SMILES string of the molecule is CC(S)CC1CCCC2(O1)OC2CC(C)S. The van der Waals surface area contributed by atoms with Crippen LogP contribution in [-0.2, 0) is 9.47 Å². The van der Waals surface area contributed by atoms with Crippen molar-refractivity contribution < 1.29 is 9.47 Å². The minimum atomic E-state index is -0.247. The summed E-state index contributed by atoms with van der Waals surface area (Å²) in [4.78, 5) is 0. The highest BCUT2D eigenvalue weighted by molar-refractivity contribution is 7.81. The van der Waals surface area contributed by atoms with Gasteiger partial charge in [0.05, 0.1) is 6.10 Å². The standard InChI is InChI=1S/C12H22O2S2/c1-8(15)6-10-4-3-5-12(13-10)11(14-12)7-9(2)16/h8-11,15-16H,3-7H2,1-2H3. The van der Waals surface area contributed by atoms with Crippen molar-refractivity contribution in [3.8, 4) is 0 Å². The molecule has 2 fully saturated rings. The predicted molar refractivity (Wildman–Crippen MR) is 72.5 cm³/mol. The summed E-state index contributed by atoms with van der Waals surface area (Å²) >= 11 is 8.84. The zero-order valence-corrected chi connectivity index (χ0v) is 11.8. The third kappa shape index (κ3) is 3.09. The molecule has 4 heteroatoms. The molecule has 2 heterocycles. The number of epoxide rings is 1. The molecule has 5 atom stereocenters. The molecule has 0 aromatic carbocycles. The first-order valence-corrected chi connectivity index (χ1v) is 7.27. The second kappa shape index (κ2) is 5.09. The van der Waals surface area contributed by atoms with Crippen molar-refractivity contribution in [1.29, 1.82) is 0 Å². The van der Waals surface area contributed by atoms with Crippen LogP contribution in [0.4, 0.5) is 0 Å². The number of hydrogen-bond acceptors (Lipinski definition) is 4. The van der Waals surface area contributed by atoms with E-state index in [0.717, 1.165) is 25.7 Å². The molecule has 0 amide bonds. The lowest BCUT2D eigenvalue weighted by atomic mass is 9.98. The van der Waals surface area contributed by atoms with Crippen molar-refractivity contribution in [3.05, 3.63) is 0 Å². The molecular weight excluding hydrogens is 240 g/mol. The Labute approximate surface area is 109 Å². The van der Waals surface area contributed by atoms with Gasteiger partial charge in [0.2, 0.25) is 0 Å². The van der Waals surface area contributed by atoms with Gasteiger partial charge in [0.1, 0.15) is 6.10 Å². The summed E-state index contributed by atoms with van der Waals surface area (Å²) < 4.78 is 11.9. The average Bonchev–Trinajstić information content (AvgIpc) is 2.75. The molecule has 94 valence electrons. The van der Waals surface area contributed by atoms with Crippen molar-refractivity contribution in [3.63, 3.8) is 0 Å². The summed E-state index contributed by atoms with van der Waals surface area (Å²) in [6.45, 7) is 4.23. The van der Waals surface area contributed by atoms with Crippen LogP contribution in [0.5, 0.6) is 0 Å². The maximum atomic E-state index is 6.10. The van der Waals surface area contributed by atoms with Crippen LogP contribution in [-0.4, -0.2) is 28.5 Å². The number of thiol groups is 2. The van der Waals surface area contributed by atoms with E-state index in [0.29, 0.717) is 16.6 Å². The van der Waals surface area contributed by atoms with Crippen molar-refractivity contribution in [2.24, 2.45) is 0 Å². The molecule has 1 spiro atoms. The first kappa shape index (κ1) is 13.1. The molecule has 0 aliphatic carbocycles. The molecule has 2 saturated heterocycles. The molecule has 0 aromatic rings.